The van der Waals surface area contributed by atoms with Gasteiger partial charge in [0.2, 0.25) is 0 Å². The Labute approximate surface area is 89.9 Å². The molecule has 0 unspecified atom stereocenters. The summed E-state index contributed by atoms with van der Waals surface area (Å²) in [6.45, 7) is 4.72. The molecule has 4 heteroatoms. The maximum Gasteiger partial charge on any atom is 0.128 e. The fraction of sp³-hybridized carbons (Fsp3) is 0.500. The van der Waals surface area contributed by atoms with Crippen LogP contribution in [0.25, 0.3) is 0 Å². The van der Waals surface area contributed by atoms with Crippen molar-refractivity contribution in [2.45, 2.75) is 19.4 Å². The van der Waals surface area contributed by atoms with Crippen LogP contribution in [0.3, 0.4) is 0 Å². The Morgan fingerprint density at radius 3 is 2.57 bits per heavy atom. The lowest BCUT2D eigenvalue weighted by molar-refractivity contribution is 0.495. The number of hydrogen-bond acceptors (Lipinski definition) is 3. The van der Waals surface area contributed by atoms with Crippen LogP contribution in [-0.2, 0) is 0 Å². The van der Waals surface area contributed by atoms with E-state index in [2.05, 4.69) is 18.8 Å². The summed E-state index contributed by atoms with van der Waals surface area (Å²) in [5.74, 6) is 0.879. The third kappa shape index (κ3) is 2.36. The van der Waals surface area contributed by atoms with Gasteiger partial charge in [0.15, 0.2) is 0 Å². The SMILES string of the molecule is CN(c1ccc(Cl)cn1)C(C)(C)CN. The van der Waals surface area contributed by atoms with Crippen molar-refractivity contribution in [3.8, 4) is 0 Å². The number of halogens is 1. The van der Waals surface area contributed by atoms with E-state index in [0.717, 1.165) is 5.82 Å². The van der Waals surface area contributed by atoms with Crippen molar-refractivity contribution in [3.05, 3.63) is 23.4 Å². The van der Waals surface area contributed by atoms with Crippen LogP contribution in [0.15, 0.2) is 18.3 Å². The third-order valence-electron chi connectivity index (χ3n) is 2.46. The second-order valence-corrected chi connectivity index (χ2v) is 4.35. The lowest BCUT2D eigenvalue weighted by Crippen LogP contribution is -2.47. The van der Waals surface area contributed by atoms with Crippen LogP contribution in [0.2, 0.25) is 5.02 Å². The number of hydrogen-bond donors (Lipinski definition) is 1. The Morgan fingerprint density at radius 1 is 1.50 bits per heavy atom. The van der Waals surface area contributed by atoms with Crippen molar-refractivity contribution >= 4 is 17.4 Å². The van der Waals surface area contributed by atoms with Gasteiger partial charge in [-0.1, -0.05) is 11.6 Å². The molecule has 14 heavy (non-hydrogen) atoms. The minimum Gasteiger partial charge on any atom is -0.353 e. The Bertz CT molecular complexity index is 295. The zero-order valence-electron chi connectivity index (χ0n) is 8.79. The van der Waals surface area contributed by atoms with E-state index in [0.29, 0.717) is 11.6 Å². The van der Waals surface area contributed by atoms with Crippen LogP contribution < -0.4 is 10.6 Å². The van der Waals surface area contributed by atoms with E-state index in [-0.39, 0.29) is 5.54 Å². The standard InChI is InChI=1S/C10H16ClN3/c1-10(2,7-12)14(3)9-5-4-8(11)6-13-9/h4-6H,7,12H2,1-3H3. The molecule has 78 valence electrons. The first kappa shape index (κ1) is 11.3. The first-order valence-corrected chi connectivity index (χ1v) is 4.90. The highest BCUT2D eigenvalue weighted by atomic mass is 35.5. The summed E-state index contributed by atoms with van der Waals surface area (Å²) in [5, 5.41) is 0.646. The fourth-order valence-corrected chi connectivity index (χ4v) is 1.13. The highest BCUT2D eigenvalue weighted by molar-refractivity contribution is 6.30. The van der Waals surface area contributed by atoms with Gasteiger partial charge in [0.25, 0.3) is 0 Å². The topological polar surface area (TPSA) is 42.2 Å². The number of nitrogens with zero attached hydrogens (tertiary/aromatic N) is 2. The van der Waals surface area contributed by atoms with Crippen molar-refractivity contribution in [3.63, 3.8) is 0 Å². The van der Waals surface area contributed by atoms with Crippen molar-refractivity contribution in [2.24, 2.45) is 5.73 Å². The quantitative estimate of drug-likeness (QED) is 0.834. The van der Waals surface area contributed by atoms with E-state index >= 15 is 0 Å². The summed E-state index contributed by atoms with van der Waals surface area (Å²) in [5.41, 5.74) is 5.58. The van der Waals surface area contributed by atoms with Gasteiger partial charge in [0.05, 0.1) is 5.02 Å². The second kappa shape index (κ2) is 4.15. The van der Waals surface area contributed by atoms with E-state index in [1.54, 1.807) is 6.20 Å². The van der Waals surface area contributed by atoms with Gasteiger partial charge in [-0.3, -0.25) is 0 Å². The van der Waals surface area contributed by atoms with Crippen molar-refractivity contribution in [1.82, 2.24) is 4.98 Å². The lowest BCUT2D eigenvalue weighted by Gasteiger charge is -2.35. The molecule has 1 aromatic rings. The van der Waals surface area contributed by atoms with Crippen molar-refractivity contribution in [1.29, 1.82) is 0 Å². The van der Waals surface area contributed by atoms with Gasteiger partial charge >= 0.3 is 0 Å². The maximum atomic E-state index is 5.76. The number of rotatable bonds is 3. The largest absolute Gasteiger partial charge is 0.353 e. The van der Waals surface area contributed by atoms with E-state index in [1.165, 1.54) is 0 Å². The highest BCUT2D eigenvalue weighted by Gasteiger charge is 2.22. The molecule has 0 fully saturated rings. The van der Waals surface area contributed by atoms with E-state index in [1.807, 2.05) is 24.1 Å². The Balaban J connectivity index is 2.89. The van der Waals surface area contributed by atoms with Gasteiger partial charge in [-0.25, -0.2) is 4.98 Å². The Kier molecular flexibility index (Phi) is 3.34. The summed E-state index contributed by atoms with van der Waals surface area (Å²) < 4.78 is 0. The summed E-state index contributed by atoms with van der Waals surface area (Å²) in [7, 11) is 1.98. The highest BCUT2D eigenvalue weighted by Crippen LogP contribution is 2.20. The van der Waals surface area contributed by atoms with Crippen molar-refractivity contribution in [2.75, 3.05) is 18.5 Å². The zero-order chi connectivity index (χ0) is 10.8. The van der Waals surface area contributed by atoms with E-state index < -0.39 is 0 Å². The molecule has 0 radical (unpaired) electrons. The van der Waals surface area contributed by atoms with Gasteiger partial charge in [-0.2, -0.15) is 0 Å². The summed E-state index contributed by atoms with van der Waals surface area (Å²) in [4.78, 5) is 6.28. The maximum absolute atomic E-state index is 5.76. The Hall–Kier alpha value is -0.800. The van der Waals surface area contributed by atoms with Crippen molar-refractivity contribution < 1.29 is 0 Å². The smallest absolute Gasteiger partial charge is 0.128 e. The minimum atomic E-state index is -0.0964. The predicted molar refractivity (Wildman–Crippen MR) is 60.8 cm³/mol. The Morgan fingerprint density at radius 2 is 2.14 bits per heavy atom. The summed E-state index contributed by atoms with van der Waals surface area (Å²) in [6, 6.07) is 3.72. The van der Waals surface area contributed by atoms with Crippen LogP contribution in [0.1, 0.15) is 13.8 Å². The average molecular weight is 214 g/mol. The monoisotopic (exact) mass is 213 g/mol. The predicted octanol–water partition coefficient (Wildman–Crippen LogP) is 1.91. The van der Waals surface area contributed by atoms with Crippen LogP contribution in [0.4, 0.5) is 5.82 Å². The van der Waals surface area contributed by atoms with Crippen LogP contribution in [-0.4, -0.2) is 24.1 Å². The molecule has 0 saturated carbocycles. The molecule has 2 N–H and O–H groups in total. The first-order valence-electron chi connectivity index (χ1n) is 4.53. The van der Waals surface area contributed by atoms with Gasteiger partial charge < -0.3 is 10.6 Å². The molecule has 3 nitrogen and oxygen atoms in total. The number of likely N-dealkylation sites (N-methyl/N-ethyl adjacent to an activating group) is 1. The first-order chi connectivity index (χ1) is 6.47. The van der Waals surface area contributed by atoms with Crippen LogP contribution in [0.5, 0.6) is 0 Å². The molecule has 0 spiro atoms. The molecule has 0 amide bonds. The average Bonchev–Trinajstić information content (AvgIpc) is 2.18. The number of anilines is 1. The molecule has 1 heterocycles. The molecule has 1 rings (SSSR count). The number of aromatic nitrogens is 1. The molecule has 0 atom stereocenters. The van der Waals surface area contributed by atoms with E-state index in [9.17, 15) is 0 Å². The van der Waals surface area contributed by atoms with Crippen LogP contribution in [0, 0.1) is 0 Å². The van der Waals surface area contributed by atoms with Gasteiger partial charge in [0.1, 0.15) is 5.82 Å². The van der Waals surface area contributed by atoms with Crippen LogP contribution >= 0.6 is 11.6 Å². The summed E-state index contributed by atoms with van der Waals surface area (Å²) >= 11 is 5.76. The molecular formula is C10H16ClN3. The molecule has 1 aromatic heterocycles. The van der Waals surface area contributed by atoms with Gasteiger partial charge in [0, 0.05) is 25.3 Å². The molecule has 0 bridgehead atoms. The van der Waals surface area contributed by atoms with E-state index in [4.69, 9.17) is 17.3 Å². The summed E-state index contributed by atoms with van der Waals surface area (Å²) in [6.07, 6.45) is 1.64. The zero-order valence-corrected chi connectivity index (χ0v) is 9.54. The molecule has 0 aliphatic carbocycles. The van der Waals surface area contributed by atoms with Gasteiger partial charge in [-0.15, -0.1) is 0 Å². The van der Waals surface area contributed by atoms with Gasteiger partial charge in [-0.05, 0) is 26.0 Å². The molecule has 0 aliphatic heterocycles. The fourth-order valence-electron chi connectivity index (χ4n) is 1.01. The molecule has 0 saturated heterocycles. The number of nitrogens with two attached hydrogens (primary N) is 1. The third-order valence-corrected chi connectivity index (χ3v) is 2.69. The molecule has 0 aromatic carbocycles. The normalized spacial score (nSPS) is 11.5. The number of pyridine rings is 1. The second-order valence-electron chi connectivity index (χ2n) is 3.91. The molecular weight excluding hydrogens is 198 g/mol. The lowest BCUT2D eigenvalue weighted by atomic mass is 10.0. The molecule has 0 aliphatic rings. The minimum absolute atomic E-state index is 0.0964.